The summed E-state index contributed by atoms with van der Waals surface area (Å²) >= 11 is 1.46. The summed E-state index contributed by atoms with van der Waals surface area (Å²) in [6.45, 7) is 4.54. The Morgan fingerprint density at radius 1 is 1.15 bits per heavy atom. The summed E-state index contributed by atoms with van der Waals surface area (Å²) < 4.78 is 0. The molecule has 0 aliphatic carbocycles. The summed E-state index contributed by atoms with van der Waals surface area (Å²) in [5, 5.41) is 0.997. The van der Waals surface area contributed by atoms with E-state index in [1.807, 2.05) is 6.07 Å². The Morgan fingerprint density at radius 2 is 1.90 bits per heavy atom. The number of aldehydes is 1. The highest BCUT2D eigenvalue weighted by atomic mass is 32.1. The second-order valence-electron chi connectivity index (χ2n) is 4.59. The predicted octanol–water partition coefficient (Wildman–Crippen LogP) is 1.07. The number of rotatable bonds is 4. The fourth-order valence-corrected chi connectivity index (χ4v) is 2.98. The quantitative estimate of drug-likeness (QED) is 0.785. The van der Waals surface area contributed by atoms with Gasteiger partial charge in [0.25, 0.3) is 0 Å². The van der Waals surface area contributed by atoms with Crippen LogP contribution in [-0.4, -0.2) is 52.3 Å². The molecule has 2 aromatic rings. The van der Waals surface area contributed by atoms with E-state index in [-0.39, 0.29) is 0 Å². The molecule has 0 bridgehead atoms. The van der Waals surface area contributed by atoms with Crippen LogP contribution in [-0.2, 0) is 6.54 Å². The van der Waals surface area contributed by atoms with Gasteiger partial charge in [-0.15, -0.1) is 11.3 Å². The van der Waals surface area contributed by atoms with Crippen molar-refractivity contribution in [1.29, 1.82) is 0 Å². The molecule has 3 rings (SSSR count). The van der Waals surface area contributed by atoms with Crippen molar-refractivity contribution < 1.29 is 4.79 Å². The summed E-state index contributed by atoms with van der Waals surface area (Å²) in [7, 11) is 0. The van der Waals surface area contributed by atoms with Gasteiger partial charge in [-0.3, -0.25) is 9.69 Å². The Kier molecular flexibility index (Phi) is 3.98. The normalized spacial score (nSPS) is 16.3. The maximum Gasteiger partial charge on any atom is 0.225 e. The minimum Gasteiger partial charge on any atom is -0.338 e. The fraction of sp³-hybridized carbons (Fsp3) is 0.385. The summed E-state index contributed by atoms with van der Waals surface area (Å²) in [6.07, 6.45) is 6.03. The second-order valence-corrected chi connectivity index (χ2v) is 5.73. The first kappa shape index (κ1) is 13.1. The van der Waals surface area contributed by atoms with Gasteiger partial charge >= 0.3 is 0 Å². The molecule has 0 aromatic carbocycles. The number of carbonyl (C=O) groups is 1. The lowest BCUT2D eigenvalue weighted by atomic mass is 10.3. The van der Waals surface area contributed by atoms with Crippen molar-refractivity contribution in [3.05, 3.63) is 34.5 Å². The summed E-state index contributed by atoms with van der Waals surface area (Å²) in [5.74, 6) is 0.796. The van der Waals surface area contributed by atoms with E-state index in [4.69, 9.17) is 0 Å². The van der Waals surface area contributed by atoms with E-state index in [0.29, 0.717) is 4.88 Å². The van der Waals surface area contributed by atoms with Crippen molar-refractivity contribution in [3.63, 3.8) is 0 Å². The minimum absolute atomic E-state index is 0.691. The number of hydrogen-bond donors (Lipinski definition) is 0. The molecular formula is C13H15N5OS. The van der Waals surface area contributed by atoms with Crippen LogP contribution < -0.4 is 4.90 Å². The van der Waals surface area contributed by atoms with Gasteiger partial charge in [0.2, 0.25) is 5.95 Å². The number of anilines is 1. The number of nitrogens with zero attached hydrogens (tertiary/aromatic N) is 5. The minimum atomic E-state index is 0.691. The lowest BCUT2D eigenvalue weighted by Gasteiger charge is -2.34. The smallest absolute Gasteiger partial charge is 0.225 e. The number of hydrogen-bond acceptors (Lipinski definition) is 7. The third-order valence-corrected chi connectivity index (χ3v) is 4.16. The number of carbonyl (C=O) groups excluding carboxylic acids is 1. The zero-order valence-electron chi connectivity index (χ0n) is 11.0. The first-order chi connectivity index (χ1) is 9.85. The van der Waals surface area contributed by atoms with Crippen LogP contribution in [0, 0.1) is 0 Å². The molecule has 0 unspecified atom stereocenters. The van der Waals surface area contributed by atoms with Crippen LogP contribution in [0.5, 0.6) is 0 Å². The van der Waals surface area contributed by atoms with E-state index in [1.165, 1.54) is 11.3 Å². The number of aromatic nitrogens is 3. The first-order valence-electron chi connectivity index (χ1n) is 6.49. The largest absolute Gasteiger partial charge is 0.338 e. The second kappa shape index (κ2) is 6.06. The molecule has 0 N–H and O–H groups in total. The van der Waals surface area contributed by atoms with Gasteiger partial charge in [-0.05, 0) is 6.07 Å². The molecule has 1 fully saturated rings. The van der Waals surface area contributed by atoms with E-state index in [9.17, 15) is 4.79 Å². The summed E-state index contributed by atoms with van der Waals surface area (Å²) in [6, 6.07) is 1.83. The van der Waals surface area contributed by atoms with Crippen molar-refractivity contribution >= 4 is 23.6 Å². The zero-order valence-corrected chi connectivity index (χ0v) is 11.8. The summed E-state index contributed by atoms with van der Waals surface area (Å²) in [4.78, 5) is 28.7. The van der Waals surface area contributed by atoms with Crippen LogP contribution in [0.4, 0.5) is 5.95 Å². The highest BCUT2D eigenvalue weighted by Crippen LogP contribution is 2.15. The predicted molar refractivity (Wildman–Crippen MR) is 77.0 cm³/mol. The highest BCUT2D eigenvalue weighted by molar-refractivity contribution is 7.13. The molecule has 1 saturated heterocycles. The van der Waals surface area contributed by atoms with Crippen LogP contribution >= 0.6 is 11.3 Å². The first-order valence-corrected chi connectivity index (χ1v) is 7.31. The average Bonchev–Trinajstić information content (AvgIpc) is 2.97. The Morgan fingerprint density at radius 3 is 2.55 bits per heavy atom. The standard InChI is InChI=1S/C13H15N5OS/c19-10-11-8-16-12(20-11)9-17-4-6-18(7-5-17)13-14-2-1-3-15-13/h1-3,8,10H,4-7,9H2. The average molecular weight is 289 g/mol. The fourth-order valence-electron chi connectivity index (χ4n) is 2.20. The lowest BCUT2D eigenvalue weighted by Crippen LogP contribution is -2.46. The van der Waals surface area contributed by atoms with Crippen molar-refractivity contribution in [1.82, 2.24) is 19.9 Å². The van der Waals surface area contributed by atoms with Crippen molar-refractivity contribution in [2.24, 2.45) is 0 Å². The Hall–Kier alpha value is -1.86. The van der Waals surface area contributed by atoms with Crippen molar-refractivity contribution in [3.8, 4) is 0 Å². The van der Waals surface area contributed by atoms with Crippen molar-refractivity contribution in [2.45, 2.75) is 6.54 Å². The van der Waals surface area contributed by atoms with Gasteiger partial charge in [0.05, 0.1) is 11.4 Å². The molecule has 20 heavy (non-hydrogen) atoms. The van der Waals surface area contributed by atoms with E-state index >= 15 is 0 Å². The van der Waals surface area contributed by atoms with Crippen molar-refractivity contribution in [2.75, 3.05) is 31.1 Å². The molecule has 2 aromatic heterocycles. The third-order valence-electron chi connectivity index (χ3n) is 3.25. The molecule has 0 saturated carbocycles. The van der Waals surface area contributed by atoms with Crippen LogP contribution in [0.2, 0.25) is 0 Å². The monoisotopic (exact) mass is 289 g/mol. The molecule has 1 aliphatic heterocycles. The topological polar surface area (TPSA) is 62.2 Å². The molecule has 0 spiro atoms. The van der Waals surface area contributed by atoms with Gasteiger partial charge in [-0.2, -0.15) is 0 Å². The number of thiazole rings is 1. The molecule has 0 radical (unpaired) electrons. The van der Waals surface area contributed by atoms with Gasteiger partial charge in [0.15, 0.2) is 6.29 Å². The van der Waals surface area contributed by atoms with Crippen LogP contribution in [0.1, 0.15) is 14.7 Å². The lowest BCUT2D eigenvalue weighted by molar-refractivity contribution is 0.112. The van der Waals surface area contributed by atoms with E-state index < -0.39 is 0 Å². The zero-order chi connectivity index (χ0) is 13.8. The Balaban J connectivity index is 1.55. The Bertz CT molecular complexity index is 565. The molecule has 1 aliphatic rings. The Labute approximate surface area is 121 Å². The van der Waals surface area contributed by atoms with Crippen LogP contribution in [0.25, 0.3) is 0 Å². The summed E-state index contributed by atoms with van der Waals surface area (Å²) in [5.41, 5.74) is 0. The van der Waals surface area contributed by atoms with E-state index in [0.717, 1.165) is 50.0 Å². The molecule has 7 heteroatoms. The maximum atomic E-state index is 10.6. The molecule has 6 nitrogen and oxygen atoms in total. The van der Waals surface area contributed by atoms with Gasteiger partial charge in [0, 0.05) is 44.8 Å². The maximum absolute atomic E-state index is 10.6. The van der Waals surface area contributed by atoms with Crippen LogP contribution in [0.3, 0.4) is 0 Å². The molecule has 0 amide bonds. The third kappa shape index (κ3) is 3.00. The molecule has 3 heterocycles. The van der Waals surface area contributed by atoms with Gasteiger partial charge in [0.1, 0.15) is 5.01 Å². The number of piperazine rings is 1. The molecule has 0 atom stereocenters. The molecule has 104 valence electrons. The molecular weight excluding hydrogens is 274 g/mol. The van der Waals surface area contributed by atoms with E-state index in [1.54, 1.807) is 18.6 Å². The van der Waals surface area contributed by atoms with Crippen LogP contribution in [0.15, 0.2) is 24.7 Å². The van der Waals surface area contributed by atoms with Gasteiger partial charge < -0.3 is 4.90 Å². The SMILES string of the molecule is O=Cc1cnc(CN2CCN(c3ncccn3)CC2)s1. The van der Waals surface area contributed by atoms with E-state index in [2.05, 4.69) is 24.8 Å². The van der Waals surface area contributed by atoms with Gasteiger partial charge in [-0.25, -0.2) is 15.0 Å². The van der Waals surface area contributed by atoms with Gasteiger partial charge in [-0.1, -0.05) is 0 Å². The highest BCUT2D eigenvalue weighted by Gasteiger charge is 2.19.